The van der Waals surface area contributed by atoms with Gasteiger partial charge in [-0.3, -0.25) is 14.4 Å². The Morgan fingerprint density at radius 2 is 1.83 bits per heavy atom. The number of Topliss-reactive ketones (excluding diaryl/α,β-unsaturated/α-hetero) is 2. The highest BCUT2D eigenvalue weighted by atomic mass is 19.3. The molecule has 0 N–H and O–H groups in total. The number of unbranched alkanes of at least 4 members (excludes halogenated alkanes) is 4. The number of carbonyl (C=O) groups is 3. The predicted molar refractivity (Wildman–Crippen MR) is 157 cm³/mol. The van der Waals surface area contributed by atoms with Crippen LogP contribution in [0.4, 0.5) is 8.78 Å². The van der Waals surface area contributed by atoms with Gasteiger partial charge in [-0.1, -0.05) is 62.2 Å². The number of esters is 1. The predicted octanol–water partition coefficient (Wildman–Crippen LogP) is 7.71. The van der Waals surface area contributed by atoms with Gasteiger partial charge < -0.3 is 14.2 Å². The van der Waals surface area contributed by atoms with Crippen molar-refractivity contribution in [3.63, 3.8) is 0 Å². The van der Waals surface area contributed by atoms with Gasteiger partial charge in [0.05, 0.1) is 18.3 Å². The number of halogens is 2. The lowest BCUT2D eigenvalue weighted by molar-refractivity contribution is -0.152. The second-order valence-corrected chi connectivity index (χ2v) is 11.6. The molecule has 2 fully saturated rings. The molecule has 8 heteroatoms. The largest absolute Gasteiger partial charge is 0.461 e. The highest BCUT2D eigenvalue weighted by Gasteiger charge is 2.40. The van der Waals surface area contributed by atoms with Crippen molar-refractivity contribution in [3.05, 3.63) is 48.0 Å². The van der Waals surface area contributed by atoms with Gasteiger partial charge in [0.15, 0.2) is 0 Å². The third-order valence-corrected chi connectivity index (χ3v) is 8.23. The van der Waals surface area contributed by atoms with Crippen molar-refractivity contribution in [1.29, 1.82) is 0 Å². The molecule has 234 valence electrons. The van der Waals surface area contributed by atoms with Crippen LogP contribution in [0.5, 0.6) is 0 Å². The second kappa shape index (κ2) is 18.3. The average molecular weight is 591 g/mol. The molecule has 0 spiro atoms. The minimum absolute atomic E-state index is 0.178. The molecule has 6 nitrogen and oxygen atoms in total. The van der Waals surface area contributed by atoms with Crippen LogP contribution in [0, 0.1) is 5.92 Å². The number of ketones is 2. The lowest BCUT2D eigenvalue weighted by Gasteiger charge is -2.35. The first kappa shape index (κ1) is 34.0. The Morgan fingerprint density at radius 3 is 2.62 bits per heavy atom. The van der Waals surface area contributed by atoms with E-state index in [1.165, 1.54) is 0 Å². The zero-order valence-corrected chi connectivity index (χ0v) is 25.1. The minimum Gasteiger partial charge on any atom is -0.461 e. The zero-order valence-electron chi connectivity index (χ0n) is 25.1. The number of benzene rings is 1. The van der Waals surface area contributed by atoms with E-state index < -0.39 is 24.2 Å². The van der Waals surface area contributed by atoms with Crippen LogP contribution in [0.15, 0.2) is 42.5 Å². The van der Waals surface area contributed by atoms with Crippen molar-refractivity contribution in [2.45, 2.75) is 134 Å². The Kier molecular flexibility index (Phi) is 14.8. The number of allylic oxidation sites excluding steroid dienone is 2. The molecule has 1 aromatic rings. The Balaban J connectivity index is 1.34. The summed E-state index contributed by atoms with van der Waals surface area (Å²) in [7, 11) is 0. The second-order valence-electron chi connectivity index (χ2n) is 11.6. The number of hydrogen-bond acceptors (Lipinski definition) is 6. The molecule has 0 radical (unpaired) electrons. The first-order chi connectivity index (χ1) is 20.3. The summed E-state index contributed by atoms with van der Waals surface area (Å²) in [6.45, 7) is 2.65. The van der Waals surface area contributed by atoms with Crippen molar-refractivity contribution in [2.24, 2.45) is 5.92 Å². The summed E-state index contributed by atoms with van der Waals surface area (Å²) in [5.41, 5.74) is 0.980. The van der Waals surface area contributed by atoms with Crippen LogP contribution in [0.3, 0.4) is 0 Å². The Hall–Kier alpha value is -2.45. The number of rotatable bonds is 19. The third kappa shape index (κ3) is 11.7. The number of ether oxygens (including phenoxy) is 3. The molecular formula is C34H48F2O6. The summed E-state index contributed by atoms with van der Waals surface area (Å²) in [6.07, 6.45) is 10.9. The lowest BCUT2D eigenvalue weighted by atomic mass is 9.95. The first-order valence-corrected chi connectivity index (χ1v) is 15.9. The van der Waals surface area contributed by atoms with Crippen LogP contribution in [-0.4, -0.2) is 48.4 Å². The van der Waals surface area contributed by atoms with Gasteiger partial charge in [0.25, 0.3) is 0 Å². The van der Waals surface area contributed by atoms with Crippen molar-refractivity contribution in [3.8, 4) is 0 Å². The van der Waals surface area contributed by atoms with Crippen LogP contribution in [0.2, 0.25) is 0 Å². The van der Waals surface area contributed by atoms with Gasteiger partial charge in [0.1, 0.15) is 12.4 Å². The van der Waals surface area contributed by atoms with Gasteiger partial charge in [-0.2, -0.15) is 8.78 Å². The van der Waals surface area contributed by atoms with E-state index >= 15 is 0 Å². The van der Waals surface area contributed by atoms with Crippen LogP contribution in [0.25, 0.3) is 0 Å². The van der Waals surface area contributed by atoms with Crippen LogP contribution < -0.4 is 0 Å². The molecule has 0 bridgehead atoms. The molecule has 0 aromatic heterocycles. The van der Waals surface area contributed by atoms with Gasteiger partial charge in [-0.05, 0) is 63.4 Å². The number of alkyl halides is 2. The maximum Gasteiger partial charge on any atom is 0.306 e. The molecule has 2 unspecified atom stereocenters. The van der Waals surface area contributed by atoms with Gasteiger partial charge >= 0.3 is 11.9 Å². The van der Waals surface area contributed by atoms with E-state index in [4.69, 9.17) is 14.2 Å². The average Bonchev–Trinajstić information content (AvgIpc) is 3.34. The fraction of sp³-hybridized carbons (Fsp3) is 0.676. The van der Waals surface area contributed by atoms with E-state index in [1.54, 1.807) is 0 Å². The summed E-state index contributed by atoms with van der Waals surface area (Å²) < 4.78 is 45.8. The Morgan fingerprint density at radius 1 is 1.02 bits per heavy atom. The van der Waals surface area contributed by atoms with Gasteiger partial charge in [-0.25, -0.2) is 0 Å². The molecule has 2 aliphatic rings. The summed E-state index contributed by atoms with van der Waals surface area (Å²) in [6, 6.07) is 9.63. The van der Waals surface area contributed by atoms with Crippen LogP contribution >= 0.6 is 0 Å². The summed E-state index contributed by atoms with van der Waals surface area (Å²) in [5, 5.41) is 0. The maximum atomic E-state index is 14.1. The smallest absolute Gasteiger partial charge is 0.306 e. The highest BCUT2D eigenvalue weighted by molar-refractivity contribution is 5.85. The molecule has 1 aliphatic heterocycles. The van der Waals surface area contributed by atoms with Crippen molar-refractivity contribution in [2.75, 3.05) is 6.61 Å². The molecule has 4 atom stereocenters. The normalized spacial score (nSPS) is 23.0. The molecule has 3 rings (SSSR count). The summed E-state index contributed by atoms with van der Waals surface area (Å²) in [4.78, 5) is 36.7. The van der Waals surface area contributed by atoms with Crippen LogP contribution in [-0.2, 0) is 35.2 Å². The topological polar surface area (TPSA) is 78.9 Å². The zero-order chi connectivity index (χ0) is 30.2. The molecule has 0 amide bonds. The third-order valence-electron chi connectivity index (χ3n) is 8.23. The van der Waals surface area contributed by atoms with Crippen molar-refractivity contribution < 1.29 is 37.4 Å². The lowest BCUT2D eigenvalue weighted by Crippen LogP contribution is -2.41. The maximum absolute atomic E-state index is 14.1. The monoisotopic (exact) mass is 590 g/mol. The van der Waals surface area contributed by atoms with Crippen molar-refractivity contribution >= 4 is 17.5 Å². The van der Waals surface area contributed by atoms with E-state index in [9.17, 15) is 23.2 Å². The van der Waals surface area contributed by atoms with E-state index in [2.05, 4.69) is 6.08 Å². The molecule has 42 heavy (non-hydrogen) atoms. The number of carbonyl (C=O) groups excluding carboxylic acids is 3. The SMILES string of the molecule is CCCCC(F)(F)C(=O)CCC1OCCC[C@H]1O[C@@H]1CCC(=O)C1CC=CCCCCCC(=O)OCc1ccccc1. The van der Waals surface area contributed by atoms with Gasteiger partial charge in [-0.15, -0.1) is 0 Å². The fourth-order valence-electron chi connectivity index (χ4n) is 5.66. The molecule has 1 saturated carbocycles. The molecular weight excluding hydrogens is 542 g/mol. The summed E-state index contributed by atoms with van der Waals surface area (Å²) >= 11 is 0. The van der Waals surface area contributed by atoms with E-state index in [1.807, 2.05) is 43.3 Å². The number of hydrogen-bond donors (Lipinski definition) is 0. The minimum atomic E-state index is -3.29. The Labute approximate surface area is 249 Å². The van der Waals surface area contributed by atoms with Crippen LogP contribution in [0.1, 0.15) is 109 Å². The molecule has 1 aromatic carbocycles. The standard InChI is InChI=1S/C34H48F2O6/c1-2-3-23-34(35,36)32(38)22-21-30-31(17-13-24-40-30)42-29-20-19-28(37)27(29)16-11-6-4-5-7-12-18-33(39)41-25-26-14-9-8-10-15-26/h6,8-11,14-15,27,29-31H,2-5,7,12-13,16-25H2,1H3/t27?,29-,30?,31-/m1/s1. The van der Waals surface area contributed by atoms with E-state index in [0.29, 0.717) is 51.7 Å². The molecule has 1 saturated heterocycles. The van der Waals surface area contributed by atoms with Gasteiger partial charge in [0.2, 0.25) is 5.78 Å². The highest BCUT2D eigenvalue weighted by Crippen LogP contribution is 2.33. The quantitative estimate of drug-likeness (QED) is 0.0933. The van der Waals surface area contributed by atoms with Crippen molar-refractivity contribution in [1.82, 2.24) is 0 Å². The molecule has 1 heterocycles. The Bertz CT molecular complexity index is 995. The van der Waals surface area contributed by atoms with Gasteiger partial charge in [0, 0.05) is 38.2 Å². The molecule has 1 aliphatic carbocycles. The van der Waals surface area contributed by atoms with E-state index in [0.717, 1.165) is 44.1 Å². The van der Waals surface area contributed by atoms with E-state index in [-0.39, 0.29) is 42.7 Å². The summed E-state index contributed by atoms with van der Waals surface area (Å²) in [5.74, 6) is -4.51. The first-order valence-electron chi connectivity index (χ1n) is 15.9. The fourth-order valence-corrected chi connectivity index (χ4v) is 5.66.